The zero-order chi connectivity index (χ0) is 21.1. The van der Waals surface area contributed by atoms with E-state index in [0.29, 0.717) is 11.3 Å². The number of nitrogens with one attached hydrogen (secondary N) is 1. The summed E-state index contributed by atoms with van der Waals surface area (Å²) in [6.45, 7) is 2.85. The number of anilines is 1. The molecule has 4 rings (SSSR count). The lowest BCUT2D eigenvalue weighted by molar-refractivity contribution is 0.0601. The molecule has 1 aliphatic rings. The van der Waals surface area contributed by atoms with Gasteiger partial charge in [0.15, 0.2) is 0 Å². The lowest BCUT2D eigenvalue weighted by atomic mass is 9.93. The van der Waals surface area contributed by atoms with Crippen molar-refractivity contribution in [2.24, 2.45) is 0 Å². The number of carbonyl (C=O) groups is 1. The Kier molecular flexibility index (Phi) is 5.61. The fourth-order valence-electron chi connectivity index (χ4n) is 3.78. The number of esters is 1. The van der Waals surface area contributed by atoms with Gasteiger partial charge in [-0.3, -0.25) is 0 Å². The molecule has 0 saturated carbocycles. The summed E-state index contributed by atoms with van der Waals surface area (Å²) in [7, 11) is 3.05. The minimum atomic E-state index is -0.383. The van der Waals surface area contributed by atoms with Crippen LogP contribution >= 0.6 is 0 Å². The summed E-state index contributed by atoms with van der Waals surface area (Å²) in [5.74, 6) is 1.10. The minimum absolute atomic E-state index is 0.258. The van der Waals surface area contributed by atoms with Crippen LogP contribution in [-0.2, 0) is 4.74 Å². The molecule has 1 heterocycles. The SMILES string of the molecule is CCCNc1c(C(=O)OC)c2c(c3ccccc13)OC(c1ccc(OC)cc1)C=C2. The summed E-state index contributed by atoms with van der Waals surface area (Å²) in [6, 6.07) is 15.8. The van der Waals surface area contributed by atoms with E-state index in [1.54, 1.807) is 7.11 Å². The van der Waals surface area contributed by atoms with E-state index in [9.17, 15) is 4.79 Å². The van der Waals surface area contributed by atoms with E-state index in [4.69, 9.17) is 14.2 Å². The topological polar surface area (TPSA) is 56.8 Å². The largest absolute Gasteiger partial charge is 0.497 e. The van der Waals surface area contributed by atoms with Gasteiger partial charge in [0.05, 0.1) is 25.5 Å². The van der Waals surface area contributed by atoms with Crippen molar-refractivity contribution in [1.82, 2.24) is 0 Å². The van der Waals surface area contributed by atoms with Gasteiger partial charge in [-0.2, -0.15) is 0 Å². The van der Waals surface area contributed by atoms with E-state index in [0.717, 1.165) is 46.3 Å². The molecule has 154 valence electrons. The van der Waals surface area contributed by atoms with Gasteiger partial charge in [0.1, 0.15) is 17.6 Å². The number of hydrogen-bond donors (Lipinski definition) is 1. The average molecular weight is 403 g/mol. The van der Waals surface area contributed by atoms with Gasteiger partial charge in [0.25, 0.3) is 0 Å². The monoisotopic (exact) mass is 403 g/mol. The first-order chi connectivity index (χ1) is 14.7. The first-order valence-electron chi connectivity index (χ1n) is 10.1. The quantitative estimate of drug-likeness (QED) is 0.543. The van der Waals surface area contributed by atoms with E-state index in [2.05, 4.69) is 12.2 Å². The second-order valence-electron chi connectivity index (χ2n) is 7.13. The van der Waals surface area contributed by atoms with Crippen molar-refractivity contribution >= 4 is 28.5 Å². The zero-order valence-corrected chi connectivity index (χ0v) is 17.4. The van der Waals surface area contributed by atoms with Gasteiger partial charge in [0, 0.05) is 22.9 Å². The Bertz CT molecular complexity index is 1100. The molecule has 0 spiro atoms. The highest BCUT2D eigenvalue weighted by molar-refractivity contribution is 6.12. The highest BCUT2D eigenvalue weighted by atomic mass is 16.5. The number of benzene rings is 3. The maximum Gasteiger partial charge on any atom is 0.340 e. The molecule has 0 aromatic heterocycles. The van der Waals surface area contributed by atoms with Gasteiger partial charge in [0.2, 0.25) is 0 Å². The van der Waals surface area contributed by atoms with Crippen LogP contribution in [0.5, 0.6) is 11.5 Å². The summed E-state index contributed by atoms with van der Waals surface area (Å²) in [5, 5.41) is 5.32. The summed E-state index contributed by atoms with van der Waals surface area (Å²) >= 11 is 0. The van der Waals surface area contributed by atoms with Crippen molar-refractivity contribution in [3.8, 4) is 11.5 Å². The number of carbonyl (C=O) groups excluding carboxylic acids is 1. The van der Waals surface area contributed by atoms with Gasteiger partial charge < -0.3 is 19.5 Å². The molecular weight excluding hydrogens is 378 g/mol. The van der Waals surface area contributed by atoms with Gasteiger partial charge in [-0.15, -0.1) is 0 Å². The van der Waals surface area contributed by atoms with Crippen LogP contribution in [0.4, 0.5) is 5.69 Å². The summed E-state index contributed by atoms with van der Waals surface area (Å²) < 4.78 is 16.8. The molecule has 1 aliphatic heterocycles. The Balaban J connectivity index is 1.88. The van der Waals surface area contributed by atoms with Crippen molar-refractivity contribution in [2.45, 2.75) is 19.4 Å². The first kappa shape index (κ1) is 19.8. The average Bonchev–Trinajstić information content (AvgIpc) is 2.81. The molecule has 0 fully saturated rings. The van der Waals surface area contributed by atoms with E-state index in [1.165, 1.54) is 7.11 Å². The summed E-state index contributed by atoms with van der Waals surface area (Å²) in [6.07, 6.45) is 4.61. The standard InChI is InChI=1S/C25H25NO4/c1-4-15-26-23-18-7-5-6-8-19(18)24-20(22(23)25(27)29-3)13-14-21(30-24)16-9-11-17(28-2)12-10-16/h5-14,21,26H,4,15H2,1-3H3. The smallest absolute Gasteiger partial charge is 0.340 e. The Morgan fingerprint density at radius 3 is 2.47 bits per heavy atom. The van der Waals surface area contributed by atoms with Crippen molar-refractivity contribution in [3.63, 3.8) is 0 Å². The highest BCUT2D eigenvalue weighted by Gasteiger charge is 2.28. The molecule has 0 bridgehead atoms. The fraction of sp³-hybridized carbons (Fsp3) is 0.240. The van der Waals surface area contributed by atoms with Crippen molar-refractivity contribution in [3.05, 3.63) is 71.3 Å². The molecule has 1 atom stereocenters. The Labute approximate surface area is 176 Å². The van der Waals surface area contributed by atoms with Gasteiger partial charge in [-0.25, -0.2) is 4.79 Å². The molecule has 30 heavy (non-hydrogen) atoms. The molecule has 1 N–H and O–H groups in total. The maximum absolute atomic E-state index is 12.8. The molecule has 3 aromatic carbocycles. The van der Waals surface area contributed by atoms with E-state index in [1.807, 2.05) is 60.7 Å². The molecule has 0 saturated heterocycles. The van der Waals surface area contributed by atoms with E-state index >= 15 is 0 Å². The van der Waals surface area contributed by atoms with Gasteiger partial charge in [-0.05, 0) is 30.2 Å². The maximum atomic E-state index is 12.8. The minimum Gasteiger partial charge on any atom is -0.497 e. The number of methoxy groups -OCH3 is 2. The predicted molar refractivity (Wildman–Crippen MR) is 119 cm³/mol. The van der Waals surface area contributed by atoms with Crippen LogP contribution in [0.15, 0.2) is 54.6 Å². The summed E-state index contributed by atoms with van der Waals surface area (Å²) in [4.78, 5) is 12.8. The second kappa shape index (κ2) is 8.49. The second-order valence-corrected chi connectivity index (χ2v) is 7.13. The predicted octanol–water partition coefficient (Wildman–Crippen LogP) is 5.60. The molecule has 0 amide bonds. The molecule has 5 heteroatoms. The number of fused-ring (bicyclic) bond motifs is 3. The lowest BCUT2D eigenvalue weighted by Gasteiger charge is -2.27. The molecule has 3 aromatic rings. The van der Waals surface area contributed by atoms with Crippen LogP contribution in [0.3, 0.4) is 0 Å². The number of hydrogen-bond acceptors (Lipinski definition) is 5. The third-order valence-electron chi connectivity index (χ3n) is 5.27. The normalized spacial score (nSPS) is 14.7. The van der Waals surface area contributed by atoms with Crippen LogP contribution in [0, 0.1) is 0 Å². The van der Waals surface area contributed by atoms with E-state index in [-0.39, 0.29) is 12.1 Å². The van der Waals surface area contributed by atoms with Crippen LogP contribution in [-0.4, -0.2) is 26.7 Å². The number of rotatable bonds is 6. The van der Waals surface area contributed by atoms with Crippen LogP contribution in [0.1, 0.15) is 40.9 Å². The Morgan fingerprint density at radius 1 is 1.07 bits per heavy atom. The molecule has 0 radical (unpaired) electrons. The fourth-order valence-corrected chi connectivity index (χ4v) is 3.78. The van der Waals surface area contributed by atoms with Crippen LogP contribution in [0.25, 0.3) is 16.8 Å². The number of ether oxygens (including phenoxy) is 3. The van der Waals surface area contributed by atoms with Gasteiger partial charge in [-0.1, -0.05) is 49.4 Å². The highest BCUT2D eigenvalue weighted by Crippen LogP contribution is 2.45. The molecule has 0 aliphatic carbocycles. The third-order valence-corrected chi connectivity index (χ3v) is 5.27. The molecule has 1 unspecified atom stereocenters. The van der Waals surface area contributed by atoms with Gasteiger partial charge >= 0.3 is 5.97 Å². The van der Waals surface area contributed by atoms with E-state index < -0.39 is 0 Å². The Hall–Kier alpha value is -3.47. The third kappa shape index (κ3) is 3.47. The first-order valence-corrected chi connectivity index (χ1v) is 10.1. The zero-order valence-electron chi connectivity index (χ0n) is 17.4. The van der Waals surface area contributed by atoms with Crippen molar-refractivity contribution in [1.29, 1.82) is 0 Å². The Morgan fingerprint density at radius 2 is 1.80 bits per heavy atom. The van der Waals surface area contributed by atoms with Crippen LogP contribution in [0.2, 0.25) is 0 Å². The van der Waals surface area contributed by atoms with Crippen LogP contribution < -0.4 is 14.8 Å². The molecular formula is C25H25NO4. The van der Waals surface area contributed by atoms with Crippen molar-refractivity contribution in [2.75, 3.05) is 26.1 Å². The lowest BCUT2D eigenvalue weighted by Crippen LogP contribution is -2.16. The van der Waals surface area contributed by atoms with Crippen molar-refractivity contribution < 1.29 is 19.0 Å². The molecule has 5 nitrogen and oxygen atoms in total. The summed E-state index contributed by atoms with van der Waals surface area (Å²) in [5.41, 5.74) is 3.04.